The van der Waals surface area contributed by atoms with Crippen LogP contribution in [0, 0.1) is 18.3 Å². The molecule has 2 aromatic rings. The number of amides is 3. The molecule has 3 amide bonds. The number of halogens is 2. The topological polar surface area (TPSA) is 123 Å². The van der Waals surface area contributed by atoms with Crippen LogP contribution in [0.25, 0.3) is 0 Å². The lowest BCUT2D eigenvalue weighted by Crippen LogP contribution is -2.61. The number of nitrogens with one attached hydrogen (secondary N) is 2. The van der Waals surface area contributed by atoms with Crippen molar-refractivity contribution in [1.82, 2.24) is 24.4 Å². The van der Waals surface area contributed by atoms with Gasteiger partial charge in [0.05, 0.1) is 23.0 Å². The minimum atomic E-state index is -3.84. The van der Waals surface area contributed by atoms with Gasteiger partial charge in [-0.2, -0.15) is 4.31 Å². The van der Waals surface area contributed by atoms with Crippen molar-refractivity contribution in [1.29, 1.82) is 0 Å². The first kappa shape index (κ1) is 28.9. The van der Waals surface area contributed by atoms with E-state index in [0.717, 1.165) is 5.56 Å². The van der Waals surface area contributed by atoms with Gasteiger partial charge in [-0.15, -0.1) is 0 Å². The Morgan fingerprint density at radius 3 is 2.23 bits per heavy atom. The number of rotatable bonds is 6. The highest BCUT2D eigenvalue weighted by Crippen LogP contribution is 2.37. The molecule has 3 fully saturated rings. The molecule has 0 saturated carbocycles. The highest BCUT2D eigenvalue weighted by Gasteiger charge is 2.52. The van der Waals surface area contributed by atoms with E-state index in [2.05, 4.69) is 10.3 Å². The number of H-pyrrole nitrogens is 1. The first-order valence-electron chi connectivity index (χ1n) is 13.2. The van der Waals surface area contributed by atoms with Crippen molar-refractivity contribution < 1.29 is 22.8 Å². The number of carbonyl (C=O) groups excluding carboxylic acids is 3. The summed E-state index contributed by atoms with van der Waals surface area (Å²) in [4.78, 5) is 46.3. The largest absolute Gasteiger partial charge is 0.357 e. The Hall–Kier alpha value is -2.60. The van der Waals surface area contributed by atoms with Crippen LogP contribution in [-0.2, 0) is 19.6 Å². The molecule has 1 aromatic carbocycles. The molecular formula is C27H33Cl2N5O5S. The minimum absolute atomic E-state index is 0.0363. The number of sulfonamides is 1. The summed E-state index contributed by atoms with van der Waals surface area (Å²) in [5.74, 6) is -1.05. The lowest BCUT2D eigenvalue weighted by molar-refractivity contribution is -0.146. The van der Waals surface area contributed by atoms with Crippen LogP contribution < -0.4 is 5.32 Å². The van der Waals surface area contributed by atoms with Crippen molar-refractivity contribution in [2.24, 2.45) is 11.3 Å². The summed E-state index contributed by atoms with van der Waals surface area (Å²) >= 11 is 12.0. The van der Waals surface area contributed by atoms with Crippen LogP contribution in [0.5, 0.6) is 0 Å². The Morgan fingerprint density at radius 1 is 1.02 bits per heavy atom. The third kappa shape index (κ3) is 5.24. The highest BCUT2D eigenvalue weighted by molar-refractivity contribution is 7.89. The Morgan fingerprint density at radius 2 is 1.68 bits per heavy atom. The van der Waals surface area contributed by atoms with E-state index in [-0.39, 0.29) is 52.8 Å². The lowest BCUT2D eigenvalue weighted by atomic mass is 9.85. The Labute approximate surface area is 244 Å². The van der Waals surface area contributed by atoms with Crippen molar-refractivity contribution in [3.63, 3.8) is 0 Å². The molecule has 3 saturated heterocycles. The maximum atomic E-state index is 13.7. The molecule has 10 nitrogen and oxygen atoms in total. The van der Waals surface area contributed by atoms with E-state index < -0.39 is 27.4 Å². The zero-order valence-corrected chi connectivity index (χ0v) is 25.1. The third-order valence-corrected chi connectivity index (χ3v) is 10.5. The lowest BCUT2D eigenvalue weighted by Gasteiger charge is -2.43. The van der Waals surface area contributed by atoms with Gasteiger partial charge >= 0.3 is 0 Å². The molecule has 2 N–H and O–H groups in total. The predicted octanol–water partition coefficient (Wildman–Crippen LogP) is 2.91. The first-order chi connectivity index (χ1) is 18.7. The third-order valence-electron chi connectivity index (χ3n) is 7.98. The zero-order chi connectivity index (χ0) is 29.1. The number of benzene rings is 1. The summed E-state index contributed by atoms with van der Waals surface area (Å²) in [5.41, 5.74) is 0.792. The number of aromatic amines is 1. The number of hydrogen-bond acceptors (Lipinski definition) is 5. The molecule has 2 bridgehead atoms. The van der Waals surface area contributed by atoms with Crippen LogP contribution in [0.3, 0.4) is 0 Å². The predicted molar refractivity (Wildman–Crippen MR) is 151 cm³/mol. The highest BCUT2D eigenvalue weighted by atomic mass is 35.5. The maximum absolute atomic E-state index is 13.7. The molecule has 0 spiro atoms. The second kappa shape index (κ2) is 10.3. The van der Waals surface area contributed by atoms with Crippen LogP contribution in [0.2, 0.25) is 10.0 Å². The van der Waals surface area contributed by atoms with Gasteiger partial charge in [-0.25, -0.2) is 8.42 Å². The van der Waals surface area contributed by atoms with Crippen LogP contribution in [0.4, 0.5) is 0 Å². The van der Waals surface area contributed by atoms with Gasteiger partial charge in [0, 0.05) is 37.4 Å². The second-order valence-electron chi connectivity index (χ2n) is 12.0. The Balaban J connectivity index is 1.20. The van der Waals surface area contributed by atoms with Gasteiger partial charge in [-0.05, 0) is 48.6 Å². The standard InChI is InChI=1S/C27H33Cl2N5O5S/c1-15-7-21(30-10-15)24(35)31-23(27(2,3)4)26(37)34-14-18-9-19(34)13-33(18)25(36)16-11-32(12-16)40(38,39)22-6-5-17(28)8-20(22)29/h5-8,10,16,18-19,23,30H,9,11-14H2,1-4H3,(H,31,35)/t18-,19-,23+/m0/s1. The molecule has 0 radical (unpaired) electrons. The average molecular weight is 611 g/mol. The van der Waals surface area contributed by atoms with Crippen LogP contribution in [0.1, 0.15) is 43.2 Å². The summed E-state index contributed by atoms with van der Waals surface area (Å²) in [6, 6.07) is 4.92. The zero-order valence-electron chi connectivity index (χ0n) is 22.8. The fraction of sp³-hybridized carbons (Fsp3) is 0.519. The normalized spacial score (nSPS) is 22.4. The van der Waals surface area contributed by atoms with Crippen molar-refractivity contribution in [2.45, 2.75) is 57.1 Å². The van der Waals surface area contributed by atoms with Crippen molar-refractivity contribution in [3.8, 4) is 0 Å². The molecule has 5 rings (SSSR count). The van der Waals surface area contributed by atoms with Crippen molar-refractivity contribution >= 4 is 50.9 Å². The van der Waals surface area contributed by atoms with Crippen LogP contribution in [0.15, 0.2) is 35.4 Å². The number of hydrogen-bond donors (Lipinski definition) is 2. The molecule has 3 atom stereocenters. The quantitative estimate of drug-likeness (QED) is 0.521. The van der Waals surface area contributed by atoms with Crippen LogP contribution >= 0.6 is 23.2 Å². The number of aryl methyl sites for hydroxylation is 1. The number of piperazine rings is 1. The Bertz CT molecular complexity index is 1460. The maximum Gasteiger partial charge on any atom is 0.268 e. The number of likely N-dealkylation sites (tertiary alicyclic amines) is 2. The van der Waals surface area contributed by atoms with Gasteiger partial charge in [0.15, 0.2) is 0 Å². The SMILES string of the molecule is Cc1c[nH]c(C(=O)N[C@H](C(=O)N2C[C@@H]3C[C@H]2CN3C(=O)C2CN(S(=O)(=O)c3ccc(Cl)cc3Cl)C2)C(C)(C)C)c1. The molecular weight excluding hydrogens is 577 g/mol. The van der Waals surface area contributed by atoms with E-state index in [1.165, 1.54) is 22.5 Å². The second-order valence-corrected chi connectivity index (χ2v) is 14.7. The molecule has 40 heavy (non-hydrogen) atoms. The Kier molecular flexibility index (Phi) is 7.48. The fourth-order valence-corrected chi connectivity index (χ4v) is 7.99. The average Bonchev–Trinajstić information content (AvgIpc) is 3.55. The van der Waals surface area contributed by atoms with Crippen molar-refractivity contribution in [2.75, 3.05) is 26.2 Å². The minimum Gasteiger partial charge on any atom is -0.357 e. The van der Waals surface area contributed by atoms with Gasteiger partial charge < -0.3 is 20.1 Å². The smallest absolute Gasteiger partial charge is 0.268 e. The summed E-state index contributed by atoms with van der Waals surface area (Å²) in [6.45, 7) is 8.54. The van der Waals surface area contributed by atoms with E-state index in [1.807, 2.05) is 27.7 Å². The van der Waals surface area contributed by atoms with Crippen molar-refractivity contribution in [3.05, 3.63) is 51.8 Å². The number of nitrogens with zero attached hydrogens (tertiary/aromatic N) is 3. The molecule has 1 aromatic heterocycles. The molecule has 3 aliphatic heterocycles. The summed E-state index contributed by atoms with van der Waals surface area (Å²) in [5, 5.41) is 3.29. The van der Waals surface area contributed by atoms with Gasteiger partial charge in [-0.1, -0.05) is 44.0 Å². The van der Waals surface area contributed by atoms with Gasteiger partial charge in [0.1, 0.15) is 16.6 Å². The number of aromatic nitrogens is 1. The molecule has 13 heteroatoms. The summed E-state index contributed by atoms with van der Waals surface area (Å²) in [6.07, 6.45) is 2.39. The van der Waals surface area contributed by atoms with E-state index in [9.17, 15) is 22.8 Å². The summed E-state index contributed by atoms with van der Waals surface area (Å²) < 4.78 is 27.2. The van der Waals surface area contributed by atoms with Gasteiger partial charge in [-0.3, -0.25) is 14.4 Å². The number of carbonyl (C=O) groups is 3. The number of fused-ring (bicyclic) bond motifs is 2. The molecule has 3 aliphatic rings. The van der Waals surface area contributed by atoms with E-state index in [1.54, 1.807) is 22.1 Å². The molecule has 0 unspecified atom stereocenters. The molecule has 0 aliphatic carbocycles. The summed E-state index contributed by atoms with van der Waals surface area (Å²) in [7, 11) is -3.84. The molecule has 216 valence electrons. The van der Waals surface area contributed by atoms with Gasteiger partial charge in [0.25, 0.3) is 5.91 Å². The van der Waals surface area contributed by atoms with E-state index >= 15 is 0 Å². The van der Waals surface area contributed by atoms with E-state index in [4.69, 9.17) is 23.2 Å². The molecule has 4 heterocycles. The van der Waals surface area contributed by atoms with Crippen LogP contribution in [-0.4, -0.2) is 89.5 Å². The fourth-order valence-electron chi connectivity index (χ4n) is 5.71. The van der Waals surface area contributed by atoms with E-state index in [0.29, 0.717) is 30.2 Å². The monoisotopic (exact) mass is 609 g/mol. The van der Waals surface area contributed by atoms with Gasteiger partial charge in [0.2, 0.25) is 21.8 Å². The first-order valence-corrected chi connectivity index (χ1v) is 15.4.